The van der Waals surface area contributed by atoms with Crippen LogP contribution in [0.15, 0.2) is 53.3 Å². The zero-order valence-corrected chi connectivity index (χ0v) is 17.2. The fourth-order valence-corrected chi connectivity index (χ4v) is 3.51. The van der Waals surface area contributed by atoms with Crippen molar-refractivity contribution in [1.82, 2.24) is 30.0 Å². The molecule has 0 aliphatic rings. The molecular weight excluding hydrogens is 465 g/mol. The second-order valence-corrected chi connectivity index (χ2v) is 7.32. The fraction of sp³-hybridized carbons (Fsp3) is 0.0556. The third-order valence-corrected chi connectivity index (χ3v) is 5.54. The van der Waals surface area contributed by atoms with Gasteiger partial charge in [0.2, 0.25) is 5.82 Å². The summed E-state index contributed by atoms with van der Waals surface area (Å²) in [5.41, 5.74) is 2.87. The summed E-state index contributed by atoms with van der Waals surface area (Å²) in [6.45, 7) is 0.435. The van der Waals surface area contributed by atoms with Crippen LogP contribution in [-0.2, 0) is 6.54 Å². The Bertz CT molecular complexity index is 1190. The molecule has 10 heteroatoms. The monoisotopic (exact) mass is 473 g/mol. The second-order valence-electron chi connectivity index (χ2n) is 5.79. The third-order valence-electron chi connectivity index (χ3n) is 3.97. The van der Waals surface area contributed by atoms with Gasteiger partial charge in [-0.3, -0.25) is 0 Å². The van der Waals surface area contributed by atoms with E-state index in [4.69, 9.17) is 28.5 Å². The van der Waals surface area contributed by atoms with Crippen molar-refractivity contribution in [2.24, 2.45) is 0 Å². The summed E-state index contributed by atoms with van der Waals surface area (Å²) in [4.78, 5) is 1.48. The lowest BCUT2D eigenvalue weighted by atomic mass is 10.1. The van der Waals surface area contributed by atoms with Gasteiger partial charge in [0.15, 0.2) is 0 Å². The summed E-state index contributed by atoms with van der Waals surface area (Å²) in [6.07, 6.45) is 1.63. The summed E-state index contributed by atoms with van der Waals surface area (Å²) < 4.78 is 2.25. The number of halogens is 3. The van der Waals surface area contributed by atoms with Crippen LogP contribution in [0.2, 0.25) is 10.0 Å². The molecule has 2 heterocycles. The van der Waals surface area contributed by atoms with Crippen LogP contribution >= 0.6 is 39.1 Å². The lowest BCUT2D eigenvalue weighted by Crippen LogP contribution is -2.04. The first-order valence-corrected chi connectivity index (χ1v) is 9.57. The van der Waals surface area contributed by atoms with Crippen molar-refractivity contribution in [3.05, 3.63) is 74.4 Å². The van der Waals surface area contributed by atoms with E-state index in [-0.39, 0.29) is 0 Å². The molecule has 0 N–H and O–H groups in total. The van der Waals surface area contributed by atoms with E-state index in [0.29, 0.717) is 43.8 Å². The van der Waals surface area contributed by atoms with Crippen LogP contribution in [0.5, 0.6) is 0 Å². The van der Waals surface area contributed by atoms with E-state index in [1.807, 2.05) is 18.2 Å². The molecule has 0 aliphatic heterocycles. The smallest absolute Gasteiger partial charge is 0.209 e. The van der Waals surface area contributed by atoms with Gasteiger partial charge in [-0.2, -0.15) is 15.2 Å². The van der Waals surface area contributed by atoms with Gasteiger partial charge in [0.05, 0.1) is 45.7 Å². The van der Waals surface area contributed by atoms with E-state index < -0.39 is 0 Å². The van der Waals surface area contributed by atoms with Crippen molar-refractivity contribution >= 4 is 39.1 Å². The standard InChI is InChI=1S/C18H10BrCl2N7/c19-17-13(9-23-28(17)15-3-1-2-14(20)16(15)21)18-24-26-27(25-18)10-12-6-4-11(8-22)5-7-12/h1-7,9H,10H2. The summed E-state index contributed by atoms with van der Waals surface area (Å²) >= 11 is 15.9. The molecule has 4 rings (SSSR count). The Balaban J connectivity index is 1.61. The van der Waals surface area contributed by atoms with Crippen LogP contribution in [-0.4, -0.2) is 30.0 Å². The number of benzene rings is 2. The predicted octanol–water partition coefficient (Wildman–Crippen LogP) is 4.52. The molecule has 7 nitrogen and oxygen atoms in total. The molecule has 0 saturated carbocycles. The highest BCUT2D eigenvalue weighted by molar-refractivity contribution is 9.10. The Hall–Kier alpha value is -2.73. The molecular formula is C18H10BrCl2N7. The van der Waals surface area contributed by atoms with Gasteiger partial charge in [-0.25, -0.2) is 4.68 Å². The zero-order chi connectivity index (χ0) is 19.7. The van der Waals surface area contributed by atoms with E-state index in [1.165, 1.54) is 4.80 Å². The van der Waals surface area contributed by atoms with Crippen LogP contribution in [0.3, 0.4) is 0 Å². The molecule has 0 saturated heterocycles. The van der Waals surface area contributed by atoms with E-state index in [2.05, 4.69) is 42.5 Å². The zero-order valence-electron chi connectivity index (χ0n) is 14.1. The van der Waals surface area contributed by atoms with Crippen LogP contribution < -0.4 is 0 Å². The maximum atomic E-state index is 8.87. The minimum absolute atomic E-state index is 0.400. The number of nitriles is 1. The Morgan fingerprint density at radius 1 is 1.11 bits per heavy atom. The topological polar surface area (TPSA) is 85.2 Å². The van der Waals surface area contributed by atoms with E-state index >= 15 is 0 Å². The van der Waals surface area contributed by atoms with Crippen LogP contribution in [0, 0.1) is 11.3 Å². The maximum absolute atomic E-state index is 8.87. The number of aromatic nitrogens is 6. The van der Waals surface area contributed by atoms with Crippen molar-refractivity contribution in [3.63, 3.8) is 0 Å². The van der Waals surface area contributed by atoms with Gasteiger partial charge in [-0.05, 0) is 51.0 Å². The van der Waals surface area contributed by atoms with E-state index in [0.717, 1.165) is 5.56 Å². The first kappa shape index (κ1) is 18.6. The summed E-state index contributed by atoms with van der Waals surface area (Å²) in [7, 11) is 0. The Labute approximate surface area is 178 Å². The molecule has 0 fully saturated rings. The minimum atomic E-state index is 0.400. The van der Waals surface area contributed by atoms with E-state index in [9.17, 15) is 0 Å². The molecule has 2 aromatic carbocycles. The number of rotatable bonds is 4. The summed E-state index contributed by atoms with van der Waals surface area (Å²) in [5, 5.41) is 26.7. The summed E-state index contributed by atoms with van der Waals surface area (Å²) in [5.74, 6) is 0.421. The Morgan fingerprint density at radius 3 is 2.64 bits per heavy atom. The molecule has 28 heavy (non-hydrogen) atoms. The van der Waals surface area contributed by atoms with Gasteiger partial charge < -0.3 is 0 Å². The normalized spacial score (nSPS) is 10.8. The molecule has 0 radical (unpaired) electrons. The van der Waals surface area contributed by atoms with Crippen molar-refractivity contribution in [3.8, 4) is 23.1 Å². The second kappa shape index (κ2) is 7.72. The number of nitrogens with zero attached hydrogens (tertiary/aromatic N) is 7. The minimum Gasteiger partial charge on any atom is -0.224 e. The average molecular weight is 475 g/mol. The van der Waals surface area contributed by atoms with Crippen molar-refractivity contribution in [2.45, 2.75) is 6.54 Å². The number of hydrogen-bond donors (Lipinski definition) is 0. The highest BCUT2D eigenvalue weighted by Gasteiger charge is 2.18. The van der Waals surface area contributed by atoms with Crippen molar-refractivity contribution in [2.75, 3.05) is 0 Å². The van der Waals surface area contributed by atoms with Crippen LogP contribution in [0.1, 0.15) is 11.1 Å². The van der Waals surface area contributed by atoms with Crippen LogP contribution in [0.4, 0.5) is 0 Å². The molecule has 0 atom stereocenters. The van der Waals surface area contributed by atoms with Gasteiger partial charge in [-0.15, -0.1) is 10.2 Å². The molecule has 138 valence electrons. The first-order chi connectivity index (χ1) is 13.6. The van der Waals surface area contributed by atoms with E-state index in [1.54, 1.807) is 35.1 Å². The maximum Gasteiger partial charge on any atom is 0.209 e. The van der Waals surface area contributed by atoms with Gasteiger partial charge >= 0.3 is 0 Å². The molecule has 0 spiro atoms. The van der Waals surface area contributed by atoms with Gasteiger partial charge in [-0.1, -0.05) is 41.4 Å². The van der Waals surface area contributed by atoms with Gasteiger partial charge in [0.1, 0.15) is 4.60 Å². The molecule has 0 bridgehead atoms. The SMILES string of the molecule is N#Cc1ccc(Cn2nnc(-c3cnn(-c4cccc(Cl)c4Cl)c3Br)n2)cc1. The lowest BCUT2D eigenvalue weighted by Gasteiger charge is -2.07. The predicted molar refractivity (Wildman–Crippen MR) is 108 cm³/mol. The highest BCUT2D eigenvalue weighted by Crippen LogP contribution is 2.33. The highest BCUT2D eigenvalue weighted by atomic mass is 79.9. The molecule has 0 amide bonds. The Kier molecular flexibility index (Phi) is 5.13. The average Bonchev–Trinajstić information content (AvgIpc) is 3.31. The van der Waals surface area contributed by atoms with Crippen LogP contribution in [0.25, 0.3) is 17.1 Å². The third kappa shape index (κ3) is 3.52. The largest absolute Gasteiger partial charge is 0.224 e. The molecule has 4 aromatic rings. The first-order valence-electron chi connectivity index (χ1n) is 8.02. The quantitative estimate of drug-likeness (QED) is 0.434. The fourth-order valence-electron chi connectivity index (χ4n) is 2.57. The number of tetrazole rings is 1. The Morgan fingerprint density at radius 2 is 1.89 bits per heavy atom. The molecule has 0 unspecified atom stereocenters. The lowest BCUT2D eigenvalue weighted by molar-refractivity contribution is 0.573. The van der Waals surface area contributed by atoms with Crippen molar-refractivity contribution < 1.29 is 0 Å². The molecule has 2 aromatic heterocycles. The van der Waals surface area contributed by atoms with Gasteiger partial charge in [0, 0.05) is 0 Å². The van der Waals surface area contributed by atoms with Crippen molar-refractivity contribution in [1.29, 1.82) is 5.26 Å². The van der Waals surface area contributed by atoms with Gasteiger partial charge in [0.25, 0.3) is 0 Å². The number of hydrogen-bond acceptors (Lipinski definition) is 5. The summed E-state index contributed by atoms with van der Waals surface area (Å²) in [6, 6.07) is 14.6. The molecule has 0 aliphatic carbocycles.